The monoisotopic (exact) mass is 309 g/mol. The van der Waals surface area contributed by atoms with Crippen LogP contribution < -0.4 is 5.32 Å². The Morgan fingerprint density at radius 3 is 2.50 bits per heavy atom. The van der Waals surface area contributed by atoms with Crippen molar-refractivity contribution in [2.75, 3.05) is 6.54 Å². The lowest BCUT2D eigenvalue weighted by atomic mass is 9.91. The number of hydrogen-bond donors (Lipinski definition) is 3. The lowest BCUT2D eigenvalue weighted by Crippen LogP contribution is -2.35. The molecule has 0 fully saturated rings. The van der Waals surface area contributed by atoms with Gasteiger partial charge < -0.3 is 20.3 Å². The van der Waals surface area contributed by atoms with Gasteiger partial charge in [0.05, 0.1) is 6.42 Å². The van der Waals surface area contributed by atoms with Crippen LogP contribution in [0.1, 0.15) is 44.2 Å². The van der Waals surface area contributed by atoms with Gasteiger partial charge in [0.25, 0.3) is 0 Å². The van der Waals surface area contributed by atoms with Gasteiger partial charge in [-0.15, -0.1) is 0 Å². The average Bonchev–Trinajstić information content (AvgIpc) is 2.35. The smallest absolute Gasteiger partial charge is 0.407 e. The Labute approximate surface area is 130 Å². The number of carboxylic acids is 1. The molecule has 1 aromatic rings. The number of phenolic OH excluding ortho intramolecular Hbond substituents is 1. The first-order valence-electron chi connectivity index (χ1n) is 7.06. The molecule has 6 heteroatoms. The molecule has 0 radical (unpaired) electrons. The summed E-state index contributed by atoms with van der Waals surface area (Å²) in [7, 11) is 0. The Morgan fingerprint density at radius 1 is 1.32 bits per heavy atom. The molecule has 6 nitrogen and oxygen atoms in total. The standard InChI is InChI=1S/C16H23NO5/c1-10-5-6-12(18)8-13(10)11(7-14(19)20)9-17-15(21)22-16(2,3)4/h5-6,8,11,18H,7,9H2,1-4H3,(H,17,21)(H,19,20). The minimum atomic E-state index is -0.973. The summed E-state index contributed by atoms with van der Waals surface area (Å²) in [4.78, 5) is 22.7. The molecule has 0 aliphatic carbocycles. The normalized spacial score (nSPS) is 12.5. The number of hydrogen-bond acceptors (Lipinski definition) is 4. The van der Waals surface area contributed by atoms with Gasteiger partial charge in [0.1, 0.15) is 11.4 Å². The van der Waals surface area contributed by atoms with Gasteiger partial charge in [-0.3, -0.25) is 4.79 Å². The number of aryl methyl sites for hydroxylation is 1. The van der Waals surface area contributed by atoms with E-state index in [4.69, 9.17) is 9.84 Å². The summed E-state index contributed by atoms with van der Waals surface area (Å²) in [6.07, 6.45) is -0.749. The first kappa shape index (κ1) is 17.8. The van der Waals surface area contributed by atoms with Crippen molar-refractivity contribution in [1.29, 1.82) is 0 Å². The fourth-order valence-electron chi connectivity index (χ4n) is 2.09. The predicted molar refractivity (Wildman–Crippen MR) is 82.1 cm³/mol. The Morgan fingerprint density at radius 2 is 1.95 bits per heavy atom. The minimum Gasteiger partial charge on any atom is -0.508 e. The second kappa shape index (κ2) is 7.15. The van der Waals surface area contributed by atoms with E-state index in [9.17, 15) is 14.7 Å². The van der Waals surface area contributed by atoms with Crippen molar-refractivity contribution < 1.29 is 24.5 Å². The summed E-state index contributed by atoms with van der Waals surface area (Å²) in [5, 5.41) is 21.2. The number of ether oxygens (including phenoxy) is 1. The van der Waals surface area contributed by atoms with E-state index >= 15 is 0 Å². The van der Waals surface area contributed by atoms with Gasteiger partial charge in [0, 0.05) is 12.5 Å². The summed E-state index contributed by atoms with van der Waals surface area (Å²) in [6.45, 7) is 7.20. The van der Waals surface area contributed by atoms with Crippen molar-refractivity contribution in [1.82, 2.24) is 5.32 Å². The van der Waals surface area contributed by atoms with E-state index in [1.54, 1.807) is 26.8 Å². The van der Waals surface area contributed by atoms with E-state index in [0.717, 1.165) is 5.56 Å². The first-order valence-corrected chi connectivity index (χ1v) is 7.06. The Balaban J connectivity index is 2.83. The van der Waals surface area contributed by atoms with Gasteiger partial charge in [0.15, 0.2) is 0 Å². The van der Waals surface area contributed by atoms with Crippen molar-refractivity contribution in [3.8, 4) is 5.75 Å². The molecular formula is C16H23NO5. The molecule has 3 N–H and O–H groups in total. The van der Waals surface area contributed by atoms with Gasteiger partial charge in [0.2, 0.25) is 0 Å². The van der Waals surface area contributed by atoms with E-state index in [2.05, 4.69) is 5.32 Å². The maximum atomic E-state index is 11.7. The molecule has 0 heterocycles. The van der Waals surface area contributed by atoms with E-state index < -0.39 is 23.6 Å². The quantitative estimate of drug-likeness (QED) is 0.777. The van der Waals surface area contributed by atoms with Crippen molar-refractivity contribution in [2.24, 2.45) is 0 Å². The number of rotatable bonds is 5. The highest BCUT2D eigenvalue weighted by atomic mass is 16.6. The lowest BCUT2D eigenvalue weighted by molar-refractivity contribution is -0.137. The van der Waals surface area contributed by atoms with E-state index in [1.165, 1.54) is 12.1 Å². The number of aliphatic carboxylic acids is 1. The molecule has 0 spiro atoms. The number of nitrogens with one attached hydrogen (secondary N) is 1. The summed E-state index contributed by atoms with van der Waals surface area (Å²) in [5.74, 6) is -1.36. The number of carboxylic acid groups (broad SMARTS) is 1. The number of carbonyl (C=O) groups is 2. The highest BCUT2D eigenvalue weighted by Crippen LogP contribution is 2.26. The van der Waals surface area contributed by atoms with Crippen molar-refractivity contribution >= 4 is 12.1 Å². The fourth-order valence-corrected chi connectivity index (χ4v) is 2.09. The maximum absolute atomic E-state index is 11.7. The lowest BCUT2D eigenvalue weighted by Gasteiger charge is -2.22. The van der Waals surface area contributed by atoms with Gasteiger partial charge in [-0.2, -0.15) is 0 Å². The summed E-state index contributed by atoms with van der Waals surface area (Å²) in [6, 6.07) is 4.78. The Bertz CT molecular complexity index is 548. The molecule has 122 valence electrons. The average molecular weight is 309 g/mol. The molecule has 0 aromatic heterocycles. The van der Waals surface area contributed by atoms with Gasteiger partial charge in [-0.05, 0) is 51.0 Å². The summed E-state index contributed by atoms with van der Waals surface area (Å²) in [5.41, 5.74) is 0.932. The van der Waals surface area contributed by atoms with Crippen molar-refractivity contribution in [3.63, 3.8) is 0 Å². The number of benzene rings is 1. The predicted octanol–water partition coefficient (Wildman–Crippen LogP) is 2.78. The molecule has 1 amide bonds. The third kappa shape index (κ3) is 6.03. The topological polar surface area (TPSA) is 95.9 Å². The summed E-state index contributed by atoms with van der Waals surface area (Å²) < 4.78 is 5.14. The third-order valence-electron chi connectivity index (χ3n) is 3.02. The van der Waals surface area contributed by atoms with Gasteiger partial charge in [-0.1, -0.05) is 6.07 Å². The maximum Gasteiger partial charge on any atom is 0.407 e. The van der Waals surface area contributed by atoms with Crippen LogP contribution in [-0.2, 0) is 9.53 Å². The number of phenols is 1. The van der Waals surface area contributed by atoms with E-state index in [1.807, 2.05) is 6.92 Å². The first-order chi connectivity index (χ1) is 10.1. The number of carbonyl (C=O) groups excluding carboxylic acids is 1. The second-order valence-electron chi connectivity index (χ2n) is 6.22. The zero-order valence-electron chi connectivity index (χ0n) is 13.3. The van der Waals surface area contributed by atoms with Crippen LogP contribution >= 0.6 is 0 Å². The van der Waals surface area contributed by atoms with Crippen LogP contribution in [0.2, 0.25) is 0 Å². The molecule has 22 heavy (non-hydrogen) atoms. The third-order valence-corrected chi connectivity index (χ3v) is 3.02. The van der Waals surface area contributed by atoms with E-state index in [0.29, 0.717) is 5.56 Å². The molecule has 1 rings (SSSR count). The van der Waals surface area contributed by atoms with Crippen LogP contribution in [0.4, 0.5) is 4.79 Å². The van der Waals surface area contributed by atoms with Crippen LogP contribution in [0, 0.1) is 6.92 Å². The molecule has 1 unspecified atom stereocenters. The molecule has 1 atom stereocenters. The Hall–Kier alpha value is -2.24. The number of aromatic hydroxyl groups is 1. The zero-order chi connectivity index (χ0) is 16.9. The molecule has 1 aromatic carbocycles. The van der Waals surface area contributed by atoms with Gasteiger partial charge >= 0.3 is 12.1 Å². The van der Waals surface area contributed by atoms with Crippen LogP contribution in [0.15, 0.2) is 18.2 Å². The largest absolute Gasteiger partial charge is 0.508 e. The van der Waals surface area contributed by atoms with Crippen LogP contribution in [0.25, 0.3) is 0 Å². The SMILES string of the molecule is Cc1ccc(O)cc1C(CNC(=O)OC(C)(C)C)CC(=O)O. The zero-order valence-corrected chi connectivity index (χ0v) is 13.3. The highest BCUT2D eigenvalue weighted by molar-refractivity contribution is 5.70. The molecule has 0 aliphatic heterocycles. The Kier molecular flexibility index (Phi) is 5.79. The van der Waals surface area contributed by atoms with Crippen molar-refractivity contribution in [2.45, 2.75) is 45.6 Å². The highest BCUT2D eigenvalue weighted by Gasteiger charge is 2.21. The molecule has 0 aliphatic rings. The van der Waals surface area contributed by atoms with Crippen LogP contribution in [0.5, 0.6) is 5.75 Å². The summed E-state index contributed by atoms with van der Waals surface area (Å²) >= 11 is 0. The molecule has 0 saturated carbocycles. The van der Waals surface area contributed by atoms with Crippen LogP contribution in [0.3, 0.4) is 0 Å². The molecule has 0 saturated heterocycles. The number of alkyl carbamates (subject to hydrolysis) is 1. The molecule has 0 bridgehead atoms. The minimum absolute atomic E-state index is 0.0632. The number of amides is 1. The second-order valence-corrected chi connectivity index (χ2v) is 6.22. The molecular weight excluding hydrogens is 286 g/mol. The van der Waals surface area contributed by atoms with Gasteiger partial charge in [-0.25, -0.2) is 4.79 Å². The van der Waals surface area contributed by atoms with Crippen LogP contribution in [-0.4, -0.2) is 34.4 Å². The van der Waals surface area contributed by atoms with Crippen molar-refractivity contribution in [3.05, 3.63) is 29.3 Å². The fraction of sp³-hybridized carbons (Fsp3) is 0.500. The van der Waals surface area contributed by atoms with E-state index in [-0.39, 0.29) is 18.7 Å².